The molecular weight excluding hydrogens is 622 g/mol. The van der Waals surface area contributed by atoms with E-state index in [9.17, 15) is 19.2 Å². The molecule has 3 saturated heterocycles. The van der Waals surface area contributed by atoms with Crippen LogP contribution in [0.4, 0.5) is 5.69 Å². The summed E-state index contributed by atoms with van der Waals surface area (Å²) in [5.74, 6) is 0.805. The second-order valence-electron chi connectivity index (χ2n) is 14.5. The topological polar surface area (TPSA) is 113 Å². The van der Waals surface area contributed by atoms with Gasteiger partial charge in [0.25, 0.3) is 11.5 Å². The van der Waals surface area contributed by atoms with Crippen molar-refractivity contribution in [2.24, 2.45) is 12.5 Å². The minimum Gasteiger partial charge on any atom is -0.496 e. The number of hydrogen-bond donors (Lipinski definition) is 1. The Bertz CT molecular complexity index is 1910. The smallest absolute Gasteiger partial charge is 0.255 e. The molecule has 11 heteroatoms. The van der Waals surface area contributed by atoms with E-state index >= 15 is 0 Å². The van der Waals surface area contributed by atoms with E-state index < -0.39 is 6.04 Å². The molecule has 1 atom stereocenters. The number of piperidine rings is 2. The summed E-state index contributed by atoms with van der Waals surface area (Å²) in [6, 6.07) is 9.68. The van der Waals surface area contributed by atoms with Crippen LogP contribution in [-0.4, -0.2) is 78.5 Å². The maximum Gasteiger partial charge on any atom is 0.255 e. The summed E-state index contributed by atoms with van der Waals surface area (Å²) in [4.78, 5) is 56.6. The molecule has 5 aliphatic rings. The molecule has 3 aromatic rings. The normalized spacial score (nSPS) is 21.4. The van der Waals surface area contributed by atoms with E-state index in [-0.39, 0.29) is 35.1 Å². The summed E-state index contributed by atoms with van der Waals surface area (Å²) < 4.78 is 13.6. The fourth-order valence-electron chi connectivity index (χ4n) is 8.77. The largest absolute Gasteiger partial charge is 0.496 e. The zero-order valence-electron chi connectivity index (χ0n) is 28.5. The summed E-state index contributed by atoms with van der Waals surface area (Å²) in [6.45, 7) is 4.98. The Labute approximate surface area is 285 Å². The molecule has 11 nitrogen and oxygen atoms in total. The molecule has 1 unspecified atom stereocenters. The minimum absolute atomic E-state index is 0.102. The van der Waals surface area contributed by atoms with Crippen LogP contribution in [0.25, 0.3) is 11.1 Å². The zero-order chi connectivity index (χ0) is 34.0. The lowest BCUT2D eigenvalue weighted by Crippen LogP contribution is -2.60. The van der Waals surface area contributed by atoms with E-state index in [1.165, 1.54) is 0 Å². The Balaban J connectivity index is 0.920. The number of nitrogens with zero attached hydrogens (tertiary/aromatic N) is 4. The van der Waals surface area contributed by atoms with Crippen molar-refractivity contribution in [3.05, 3.63) is 74.7 Å². The standard InChI is InChI=1S/C38H43N5O6/c1-40-19-29(26-5-4-6-27(26)36(40)46)24-15-32(48-2)30(33(16-24)49-3)20-41-13-11-38(12-14-41)21-42(22-38)25-8-7-23-18-43(37(47)28(23)17-25)31-9-10-34(44)39-35(31)45/h7-8,15-17,19,31H,4-6,9-14,18,20-22H2,1-3H3,(H,39,44,45). The van der Waals surface area contributed by atoms with Gasteiger partial charge < -0.3 is 23.8 Å². The third-order valence-corrected chi connectivity index (χ3v) is 11.6. The fraction of sp³-hybridized carbons (Fsp3) is 0.474. The number of imide groups is 1. The predicted molar refractivity (Wildman–Crippen MR) is 184 cm³/mol. The molecule has 1 spiro atoms. The van der Waals surface area contributed by atoms with Gasteiger partial charge >= 0.3 is 0 Å². The van der Waals surface area contributed by atoms with Crippen molar-refractivity contribution in [3.63, 3.8) is 0 Å². The number of rotatable bonds is 7. The SMILES string of the molecule is COc1cc(-c2cn(C)c(=O)c3c2CCC3)cc(OC)c1CN1CCC2(CC1)CN(c1ccc3c(c1)C(=O)N(C1CCC(=O)NC1=O)C3)C2. The first-order chi connectivity index (χ1) is 23.7. The van der Waals surface area contributed by atoms with E-state index in [4.69, 9.17) is 9.47 Å². The number of likely N-dealkylation sites (tertiary alicyclic amines) is 1. The third kappa shape index (κ3) is 5.39. The molecule has 49 heavy (non-hydrogen) atoms. The molecule has 1 aliphatic carbocycles. The summed E-state index contributed by atoms with van der Waals surface area (Å²) in [5.41, 5.74) is 8.19. The Morgan fingerprint density at radius 1 is 0.898 bits per heavy atom. The van der Waals surface area contributed by atoms with Gasteiger partial charge in [0.05, 0.1) is 19.8 Å². The number of hydrogen-bond acceptors (Lipinski definition) is 8. The third-order valence-electron chi connectivity index (χ3n) is 11.6. The van der Waals surface area contributed by atoms with E-state index in [0.29, 0.717) is 18.5 Å². The van der Waals surface area contributed by atoms with Crippen molar-refractivity contribution in [2.45, 2.75) is 64.1 Å². The Morgan fingerprint density at radius 2 is 1.61 bits per heavy atom. The highest BCUT2D eigenvalue weighted by molar-refractivity contribution is 6.05. The number of carbonyl (C=O) groups is 3. The molecule has 3 fully saturated rings. The first kappa shape index (κ1) is 31.6. The number of aromatic nitrogens is 1. The van der Waals surface area contributed by atoms with Crippen molar-refractivity contribution in [2.75, 3.05) is 45.3 Å². The Morgan fingerprint density at radius 3 is 2.31 bits per heavy atom. The lowest BCUT2D eigenvalue weighted by atomic mass is 9.71. The number of pyridine rings is 1. The molecule has 8 rings (SSSR count). The van der Waals surface area contributed by atoms with E-state index in [1.807, 2.05) is 25.4 Å². The van der Waals surface area contributed by atoms with Gasteiger partial charge in [0.2, 0.25) is 11.8 Å². The molecule has 0 radical (unpaired) electrons. The molecule has 2 aromatic carbocycles. The van der Waals surface area contributed by atoms with Crippen molar-refractivity contribution in [3.8, 4) is 22.6 Å². The average Bonchev–Trinajstić information content (AvgIpc) is 3.71. The van der Waals surface area contributed by atoms with E-state index in [2.05, 4.69) is 33.3 Å². The maximum absolute atomic E-state index is 13.3. The van der Waals surface area contributed by atoms with Crippen LogP contribution in [-0.2, 0) is 42.6 Å². The van der Waals surface area contributed by atoms with Crippen LogP contribution in [0.1, 0.15) is 64.7 Å². The molecule has 1 aromatic heterocycles. The van der Waals surface area contributed by atoms with Crippen LogP contribution in [0.5, 0.6) is 11.5 Å². The first-order valence-corrected chi connectivity index (χ1v) is 17.4. The number of methoxy groups -OCH3 is 2. The molecule has 256 valence electrons. The molecule has 1 N–H and O–H groups in total. The average molecular weight is 666 g/mol. The lowest BCUT2D eigenvalue weighted by Gasteiger charge is -2.55. The first-order valence-electron chi connectivity index (χ1n) is 17.4. The van der Waals surface area contributed by atoms with Gasteiger partial charge in [-0.25, -0.2) is 0 Å². The van der Waals surface area contributed by atoms with Crippen LogP contribution in [0.15, 0.2) is 41.3 Å². The van der Waals surface area contributed by atoms with E-state index in [0.717, 1.165) is 115 Å². The van der Waals surface area contributed by atoms with Gasteiger partial charge in [0.1, 0.15) is 17.5 Å². The summed E-state index contributed by atoms with van der Waals surface area (Å²) >= 11 is 0. The monoisotopic (exact) mass is 665 g/mol. The number of anilines is 1. The number of aryl methyl sites for hydroxylation is 1. The number of ether oxygens (including phenoxy) is 2. The van der Waals surface area contributed by atoms with E-state index in [1.54, 1.807) is 23.7 Å². The van der Waals surface area contributed by atoms with Crippen molar-refractivity contribution < 1.29 is 23.9 Å². The maximum atomic E-state index is 13.3. The molecule has 5 heterocycles. The molecular formula is C38H43N5O6. The van der Waals surface area contributed by atoms with Crippen molar-refractivity contribution in [1.29, 1.82) is 0 Å². The highest BCUT2D eigenvalue weighted by Gasteiger charge is 2.46. The van der Waals surface area contributed by atoms with Crippen molar-refractivity contribution >= 4 is 23.4 Å². The van der Waals surface area contributed by atoms with Gasteiger partial charge in [-0.15, -0.1) is 0 Å². The lowest BCUT2D eigenvalue weighted by molar-refractivity contribution is -0.136. The van der Waals surface area contributed by atoms with Crippen LogP contribution >= 0.6 is 0 Å². The highest BCUT2D eigenvalue weighted by atomic mass is 16.5. The van der Waals surface area contributed by atoms with Gasteiger partial charge in [-0.2, -0.15) is 0 Å². The van der Waals surface area contributed by atoms with Crippen LogP contribution < -0.4 is 25.2 Å². The number of carbonyl (C=O) groups excluding carboxylic acids is 3. The molecule has 0 saturated carbocycles. The van der Waals surface area contributed by atoms with Crippen LogP contribution in [0.2, 0.25) is 0 Å². The summed E-state index contributed by atoms with van der Waals surface area (Å²) in [5, 5.41) is 2.38. The zero-order valence-corrected chi connectivity index (χ0v) is 28.5. The molecule has 0 bridgehead atoms. The predicted octanol–water partition coefficient (Wildman–Crippen LogP) is 3.42. The number of fused-ring (bicyclic) bond motifs is 2. The minimum atomic E-state index is -0.600. The second kappa shape index (κ2) is 12.0. The van der Waals surface area contributed by atoms with Crippen molar-refractivity contribution in [1.82, 2.24) is 19.7 Å². The fourth-order valence-corrected chi connectivity index (χ4v) is 8.77. The number of amides is 3. The highest BCUT2D eigenvalue weighted by Crippen LogP contribution is 2.45. The van der Waals surface area contributed by atoms with Gasteiger partial charge in [0.15, 0.2) is 0 Å². The molecule has 3 amide bonds. The Kier molecular flexibility index (Phi) is 7.77. The quantitative estimate of drug-likeness (QED) is 0.383. The summed E-state index contributed by atoms with van der Waals surface area (Å²) in [7, 11) is 5.24. The van der Waals surface area contributed by atoms with Gasteiger partial charge in [-0.3, -0.25) is 29.4 Å². The van der Waals surface area contributed by atoms with Crippen LogP contribution in [0, 0.1) is 5.41 Å². The summed E-state index contributed by atoms with van der Waals surface area (Å²) in [6.07, 6.45) is 7.48. The van der Waals surface area contributed by atoms with Gasteiger partial charge in [0, 0.05) is 73.6 Å². The number of nitrogens with one attached hydrogen (secondary N) is 1. The van der Waals surface area contributed by atoms with Gasteiger partial charge in [-0.1, -0.05) is 6.07 Å². The van der Waals surface area contributed by atoms with Gasteiger partial charge in [-0.05, 0) is 92.6 Å². The Hall–Kier alpha value is -4.64. The van der Waals surface area contributed by atoms with Crippen LogP contribution in [0.3, 0.4) is 0 Å². The number of benzene rings is 2. The molecule has 4 aliphatic heterocycles. The second-order valence-corrected chi connectivity index (χ2v) is 14.5.